The average molecular weight is 639 g/mol. The van der Waals surface area contributed by atoms with Gasteiger partial charge in [-0.1, -0.05) is 0 Å². The molecule has 2 aromatic heterocycles. The van der Waals surface area contributed by atoms with Crippen LogP contribution < -0.4 is 0 Å². The SMILES string of the molecule is CSc1cc2n(c1C(=O)c1ccc(F)cc1)CCC2C(=O)O.CSc1cc2n(c1C(=O)c1ccc(F)cc1)CCC2C(=O)O. The molecule has 0 amide bonds. The number of halogens is 2. The number of aliphatic carboxylic acids is 2. The summed E-state index contributed by atoms with van der Waals surface area (Å²) >= 11 is 2.82. The highest BCUT2D eigenvalue weighted by Crippen LogP contribution is 2.38. The number of rotatable bonds is 8. The molecule has 2 aliphatic heterocycles. The molecule has 2 aliphatic rings. The molecule has 0 spiro atoms. The zero-order valence-electron chi connectivity index (χ0n) is 23.8. The first-order valence-corrected chi connectivity index (χ1v) is 16.1. The van der Waals surface area contributed by atoms with Gasteiger partial charge in [-0.25, -0.2) is 8.78 Å². The van der Waals surface area contributed by atoms with Crippen LogP contribution in [0.4, 0.5) is 8.78 Å². The Morgan fingerprint density at radius 1 is 0.659 bits per heavy atom. The van der Waals surface area contributed by atoms with Crippen molar-refractivity contribution in [3.8, 4) is 0 Å². The van der Waals surface area contributed by atoms with Crippen molar-refractivity contribution in [1.82, 2.24) is 9.13 Å². The summed E-state index contributed by atoms with van der Waals surface area (Å²) in [5.74, 6) is -4.08. The second-order valence-corrected chi connectivity index (χ2v) is 12.0. The molecule has 0 radical (unpaired) electrons. The molecular formula is C32H28F2N2O6S2. The maximum Gasteiger partial charge on any atom is 0.312 e. The first-order valence-electron chi connectivity index (χ1n) is 13.7. The zero-order valence-corrected chi connectivity index (χ0v) is 25.4. The van der Waals surface area contributed by atoms with E-state index in [1.165, 1.54) is 72.1 Å². The third-order valence-electron chi connectivity index (χ3n) is 7.86. The Hall–Kier alpha value is -4.16. The van der Waals surface area contributed by atoms with Gasteiger partial charge in [-0.15, -0.1) is 23.5 Å². The minimum absolute atomic E-state index is 0.207. The van der Waals surface area contributed by atoms with Crippen LogP contribution in [0.5, 0.6) is 0 Å². The molecule has 0 aliphatic carbocycles. The lowest BCUT2D eigenvalue weighted by atomic mass is 10.1. The highest BCUT2D eigenvalue weighted by Gasteiger charge is 2.35. The van der Waals surface area contributed by atoms with Gasteiger partial charge in [0.2, 0.25) is 11.6 Å². The van der Waals surface area contributed by atoms with Gasteiger partial charge in [0, 0.05) is 45.4 Å². The van der Waals surface area contributed by atoms with Crippen molar-refractivity contribution in [3.05, 3.63) is 106 Å². The summed E-state index contributed by atoms with van der Waals surface area (Å²) in [4.78, 5) is 49.6. The van der Waals surface area contributed by atoms with E-state index < -0.39 is 35.4 Å². The second kappa shape index (κ2) is 12.8. The topological polar surface area (TPSA) is 119 Å². The monoisotopic (exact) mass is 638 g/mol. The molecule has 0 saturated carbocycles. The highest BCUT2D eigenvalue weighted by molar-refractivity contribution is 7.99. The fourth-order valence-electron chi connectivity index (χ4n) is 5.71. The van der Waals surface area contributed by atoms with Crippen LogP contribution in [0.25, 0.3) is 0 Å². The zero-order chi connectivity index (χ0) is 31.7. The third kappa shape index (κ3) is 5.83. The number of ketones is 2. The molecule has 228 valence electrons. The molecule has 6 rings (SSSR count). The number of carboxylic acid groups (broad SMARTS) is 2. The van der Waals surface area contributed by atoms with Gasteiger partial charge in [-0.3, -0.25) is 19.2 Å². The molecule has 4 heterocycles. The summed E-state index contributed by atoms with van der Waals surface area (Å²) in [6.07, 6.45) is 4.68. The molecule has 4 aromatic rings. The lowest BCUT2D eigenvalue weighted by Crippen LogP contribution is -2.10. The lowest BCUT2D eigenvalue weighted by molar-refractivity contribution is -0.139. The largest absolute Gasteiger partial charge is 0.481 e. The number of benzene rings is 2. The fraction of sp³-hybridized carbons (Fsp3) is 0.250. The van der Waals surface area contributed by atoms with Gasteiger partial charge in [0.1, 0.15) is 23.0 Å². The second-order valence-electron chi connectivity index (χ2n) is 10.3. The number of nitrogens with zero attached hydrogens (tertiary/aromatic N) is 2. The number of fused-ring (bicyclic) bond motifs is 2. The van der Waals surface area contributed by atoms with Crippen molar-refractivity contribution >= 4 is 47.0 Å². The standard InChI is InChI=1S/2C16H14FNO3S/c2*1-22-13-8-12-11(16(20)21)6-7-18(12)14(13)15(19)9-2-4-10(17)5-3-9/h2*2-5,8,11H,6-7H2,1H3,(H,20,21). The molecule has 44 heavy (non-hydrogen) atoms. The smallest absolute Gasteiger partial charge is 0.312 e. The van der Waals surface area contributed by atoms with E-state index in [1.54, 1.807) is 21.3 Å². The van der Waals surface area contributed by atoms with Gasteiger partial charge in [0.15, 0.2) is 0 Å². The molecule has 12 heteroatoms. The third-order valence-corrected chi connectivity index (χ3v) is 9.37. The summed E-state index contributed by atoms with van der Waals surface area (Å²) < 4.78 is 29.6. The first-order chi connectivity index (χ1) is 21.0. The summed E-state index contributed by atoms with van der Waals surface area (Å²) in [6.45, 7) is 1.02. The van der Waals surface area contributed by atoms with Crippen LogP contribution in [-0.2, 0) is 22.7 Å². The van der Waals surface area contributed by atoms with Crippen molar-refractivity contribution in [1.29, 1.82) is 0 Å². The van der Waals surface area contributed by atoms with E-state index in [-0.39, 0.29) is 11.6 Å². The van der Waals surface area contributed by atoms with E-state index in [9.17, 15) is 38.2 Å². The van der Waals surface area contributed by atoms with Crippen LogP contribution in [0.3, 0.4) is 0 Å². The van der Waals surface area contributed by atoms with Gasteiger partial charge in [0.05, 0.1) is 11.8 Å². The number of hydrogen-bond donors (Lipinski definition) is 2. The Morgan fingerprint density at radius 3 is 1.30 bits per heavy atom. The van der Waals surface area contributed by atoms with Gasteiger partial charge in [-0.2, -0.15) is 0 Å². The van der Waals surface area contributed by atoms with Gasteiger partial charge in [-0.05, 0) is 86.0 Å². The van der Waals surface area contributed by atoms with E-state index in [2.05, 4.69) is 0 Å². The lowest BCUT2D eigenvalue weighted by Gasteiger charge is -2.07. The minimum Gasteiger partial charge on any atom is -0.481 e. The van der Waals surface area contributed by atoms with Gasteiger partial charge >= 0.3 is 11.9 Å². The quantitative estimate of drug-likeness (QED) is 0.171. The molecule has 8 nitrogen and oxygen atoms in total. The van der Waals surface area contributed by atoms with Crippen molar-refractivity contribution in [2.45, 2.75) is 47.6 Å². The maximum atomic E-state index is 13.0. The van der Waals surface area contributed by atoms with Crippen LogP contribution in [0, 0.1) is 11.6 Å². The van der Waals surface area contributed by atoms with E-state index >= 15 is 0 Å². The Kier molecular flexibility index (Phi) is 9.12. The Morgan fingerprint density at radius 2 is 1.00 bits per heavy atom. The average Bonchev–Trinajstić information content (AvgIpc) is 3.76. The Balaban J connectivity index is 0.000000175. The van der Waals surface area contributed by atoms with Crippen LogP contribution in [0.15, 0.2) is 70.5 Å². The number of carbonyl (C=O) groups excluding carboxylic acids is 2. The molecule has 2 atom stereocenters. The number of thioether (sulfide) groups is 2. The molecule has 2 aromatic carbocycles. The molecule has 0 fully saturated rings. The normalized spacial score (nSPS) is 16.5. The fourth-order valence-corrected chi connectivity index (χ4v) is 6.98. The van der Waals surface area contributed by atoms with Gasteiger partial charge in [0.25, 0.3) is 0 Å². The van der Waals surface area contributed by atoms with Crippen molar-refractivity contribution in [2.24, 2.45) is 0 Å². The van der Waals surface area contributed by atoms with Crippen LogP contribution in [0.2, 0.25) is 0 Å². The van der Waals surface area contributed by atoms with Crippen molar-refractivity contribution < 1.29 is 38.2 Å². The van der Waals surface area contributed by atoms with E-state index in [0.29, 0.717) is 59.8 Å². The van der Waals surface area contributed by atoms with Crippen molar-refractivity contribution in [3.63, 3.8) is 0 Å². The molecule has 0 bridgehead atoms. The highest BCUT2D eigenvalue weighted by atomic mass is 32.2. The van der Waals surface area contributed by atoms with Crippen LogP contribution in [-0.4, -0.2) is 55.4 Å². The molecular weight excluding hydrogens is 610 g/mol. The first kappa shape index (κ1) is 31.3. The number of hydrogen-bond acceptors (Lipinski definition) is 6. The van der Waals surface area contributed by atoms with E-state index in [0.717, 1.165) is 9.79 Å². The van der Waals surface area contributed by atoms with Crippen LogP contribution >= 0.6 is 23.5 Å². The summed E-state index contributed by atoms with van der Waals surface area (Å²) in [6, 6.07) is 14.4. The summed E-state index contributed by atoms with van der Waals surface area (Å²) in [7, 11) is 0. The molecule has 2 unspecified atom stereocenters. The number of carboxylic acids is 2. The summed E-state index contributed by atoms with van der Waals surface area (Å²) in [5, 5.41) is 18.5. The van der Waals surface area contributed by atoms with E-state index in [1.807, 2.05) is 12.5 Å². The van der Waals surface area contributed by atoms with Gasteiger partial charge < -0.3 is 19.3 Å². The Labute approximate surface area is 260 Å². The molecule has 2 N–H and O–H groups in total. The predicted octanol–water partition coefficient (Wildman–Crippen LogP) is 6.30. The van der Waals surface area contributed by atoms with Crippen LogP contribution in [0.1, 0.15) is 68.2 Å². The number of carbonyl (C=O) groups is 4. The molecule has 0 saturated heterocycles. The maximum absolute atomic E-state index is 13.0. The van der Waals surface area contributed by atoms with Crippen molar-refractivity contribution in [2.75, 3.05) is 12.5 Å². The predicted molar refractivity (Wildman–Crippen MR) is 162 cm³/mol. The van der Waals surface area contributed by atoms with E-state index in [4.69, 9.17) is 0 Å². The minimum atomic E-state index is -0.871. The Bertz CT molecular complexity index is 1630. The number of aromatic nitrogens is 2. The summed E-state index contributed by atoms with van der Waals surface area (Å²) in [5.41, 5.74) is 3.13.